The molecular weight excluding hydrogens is 366 g/mol. The van der Waals surface area contributed by atoms with Crippen molar-refractivity contribution in [3.8, 4) is 5.69 Å². The summed E-state index contributed by atoms with van der Waals surface area (Å²) in [6.45, 7) is 9.92. The molecule has 0 aliphatic rings. The van der Waals surface area contributed by atoms with Crippen LogP contribution in [0.5, 0.6) is 0 Å². The predicted octanol–water partition coefficient (Wildman–Crippen LogP) is 3.77. The molecule has 1 amide bonds. The second-order valence-corrected chi connectivity index (χ2v) is 7.78. The lowest BCUT2D eigenvalue weighted by Gasteiger charge is -2.14. The summed E-state index contributed by atoms with van der Waals surface area (Å²) in [5.41, 5.74) is 3.25. The van der Waals surface area contributed by atoms with Crippen molar-refractivity contribution in [1.29, 1.82) is 0 Å². The number of benzene rings is 1. The van der Waals surface area contributed by atoms with Gasteiger partial charge in [-0.3, -0.25) is 14.3 Å². The second-order valence-electron chi connectivity index (χ2n) is 7.78. The maximum atomic E-state index is 13.1. The number of rotatable bonds is 5. The molecule has 152 valence electrons. The first-order valence-electron chi connectivity index (χ1n) is 9.75. The number of aryl methyl sites for hydroxylation is 2. The molecular formula is C22H27N5O2. The predicted molar refractivity (Wildman–Crippen MR) is 114 cm³/mol. The minimum absolute atomic E-state index is 0.121. The molecule has 0 saturated carbocycles. The van der Waals surface area contributed by atoms with Gasteiger partial charge in [0, 0.05) is 18.8 Å². The number of amides is 1. The van der Waals surface area contributed by atoms with Crippen LogP contribution in [-0.4, -0.2) is 25.5 Å². The summed E-state index contributed by atoms with van der Waals surface area (Å²) in [5, 5.41) is 11.9. The first-order valence-corrected chi connectivity index (χ1v) is 9.75. The summed E-state index contributed by atoms with van der Waals surface area (Å²) in [6.07, 6.45) is 0. The fraction of sp³-hybridized carbons (Fsp3) is 0.364. The van der Waals surface area contributed by atoms with E-state index in [1.165, 1.54) is 6.07 Å². The van der Waals surface area contributed by atoms with Crippen molar-refractivity contribution in [2.45, 2.75) is 46.5 Å². The van der Waals surface area contributed by atoms with Crippen molar-refractivity contribution < 1.29 is 4.79 Å². The molecule has 1 N–H and O–H groups in total. The van der Waals surface area contributed by atoms with Crippen LogP contribution >= 0.6 is 0 Å². The molecule has 0 spiro atoms. The van der Waals surface area contributed by atoms with Crippen molar-refractivity contribution in [1.82, 2.24) is 19.6 Å². The number of carbonyl (C=O) groups excluding carboxylic acids is 1. The number of hydrogen-bond acceptors (Lipinski definition) is 4. The van der Waals surface area contributed by atoms with Gasteiger partial charge in [0.25, 0.3) is 5.91 Å². The summed E-state index contributed by atoms with van der Waals surface area (Å²) < 4.78 is 3.40. The molecule has 3 aromatic rings. The van der Waals surface area contributed by atoms with E-state index in [4.69, 9.17) is 0 Å². The van der Waals surface area contributed by atoms with Crippen LogP contribution < -0.4 is 10.7 Å². The second kappa shape index (κ2) is 8.03. The Labute approximate surface area is 170 Å². The van der Waals surface area contributed by atoms with Crippen molar-refractivity contribution in [3.05, 3.63) is 69.4 Å². The van der Waals surface area contributed by atoms with Gasteiger partial charge in [-0.2, -0.15) is 10.2 Å². The lowest BCUT2D eigenvalue weighted by atomic mass is 10.0. The quantitative estimate of drug-likeness (QED) is 0.715. The van der Waals surface area contributed by atoms with Crippen LogP contribution in [0.15, 0.2) is 41.2 Å². The fourth-order valence-electron chi connectivity index (χ4n) is 3.46. The normalized spacial score (nSPS) is 11.3. The van der Waals surface area contributed by atoms with Crippen LogP contribution in [0.25, 0.3) is 5.69 Å². The van der Waals surface area contributed by atoms with E-state index in [1.54, 1.807) is 16.3 Å². The third kappa shape index (κ3) is 3.99. The van der Waals surface area contributed by atoms with Crippen molar-refractivity contribution >= 4 is 11.6 Å². The molecule has 2 aromatic heterocycles. The number of nitrogens with zero attached hydrogens (tertiary/aromatic N) is 4. The summed E-state index contributed by atoms with van der Waals surface area (Å²) in [5.74, 6) is -0.255. The van der Waals surface area contributed by atoms with Gasteiger partial charge in [0.15, 0.2) is 5.69 Å². The molecule has 0 aliphatic carbocycles. The molecule has 7 heteroatoms. The van der Waals surface area contributed by atoms with E-state index in [0.29, 0.717) is 11.4 Å². The SMILES string of the molecule is Cc1cc(=O)c(C(=O)Nc2c(C(C)C)nn(C)c2C(C)C)nn1-c1ccccc1. The van der Waals surface area contributed by atoms with Gasteiger partial charge in [0.2, 0.25) is 5.43 Å². The van der Waals surface area contributed by atoms with E-state index in [2.05, 4.69) is 15.5 Å². The summed E-state index contributed by atoms with van der Waals surface area (Å²) >= 11 is 0. The zero-order chi connectivity index (χ0) is 21.3. The average Bonchev–Trinajstić information content (AvgIpc) is 2.98. The minimum Gasteiger partial charge on any atom is -0.317 e. The topological polar surface area (TPSA) is 81.8 Å². The van der Waals surface area contributed by atoms with Crippen molar-refractivity contribution in [3.63, 3.8) is 0 Å². The molecule has 29 heavy (non-hydrogen) atoms. The van der Waals surface area contributed by atoms with Crippen LogP contribution in [0, 0.1) is 6.92 Å². The molecule has 0 aliphatic heterocycles. The van der Waals surface area contributed by atoms with Gasteiger partial charge in [-0.25, -0.2) is 4.68 Å². The Morgan fingerprint density at radius 3 is 2.28 bits per heavy atom. The molecule has 0 saturated heterocycles. The Hall–Kier alpha value is -3.22. The molecule has 0 bridgehead atoms. The zero-order valence-electron chi connectivity index (χ0n) is 17.7. The monoisotopic (exact) mass is 393 g/mol. The van der Waals surface area contributed by atoms with Crippen molar-refractivity contribution in [2.75, 3.05) is 5.32 Å². The Bertz CT molecular complexity index is 1090. The van der Waals surface area contributed by atoms with E-state index < -0.39 is 11.3 Å². The molecule has 0 atom stereocenters. The maximum Gasteiger partial charge on any atom is 0.280 e. The number of aromatic nitrogens is 4. The molecule has 2 heterocycles. The smallest absolute Gasteiger partial charge is 0.280 e. The Kier molecular flexibility index (Phi) is 5.68. The summed E-state index contributed by atoms with van der Waals surface area (Å²) in [7, 11) is 1.86. The third-order valence-corrected chi connectivity index (χ3v) is 4.77. The van der Waals surface area contributed by atoms with Crippen LogP contribution in [0.1, 0.15) is 67.1 Å². The number of hydrogen-bond donors (Lipinski definition) is 1. The van der Waals surface area contributed by atoms with Gasteiger partial charge in [0.1, 0.15) is 0 Å². The van der Waals surface area contributed by atoms with Gasteiger partial charge >= 0.3 is 0 Å². The van der Waals surface area contributed by atoms with E-state index >= 15 is 0 Å². The van der Waals surface area contributed by atoms with Crippen LogP contribution in [0.2, 0.25) is 0 Å². The lowest BCUT2D eigenvalue weighted by Crippen LogP contribution is -2.27. The Morgan fingerprint density at radius 1 is 1.03 bits per heavy atom. The average molecular weight is 393 g/mol. The molecule has 7 nitrogen and oxygen atoms in total. The largest absolute Gasteiger partial charge is 0.317 e. The molecule has 0 unspecified atom stereocenters. The van der Waals surface area contributed by atoms with Crippen molar-refractivity contribution in [2.24, 2.45) is 7.05 Å². The highest BCUT2D eigenvalue weighted by molar-refractivity contribution is 6.03. The third-order valence-electron chi connectivity index (χ3n) is 4.77. The standard InChI is InChI=1S/C22H27N5O2/c1-13(2)18-20(21(14(3)4)26(6)24-18)23-22(29)19-17(28)12-15(5)27(25-19)16-10-8-7-9-11-16/h7-14H,1-6H3,(H,23,29). The first kappa shape index (κ1) is 20.5. The van der Waals surface area contributed by atoms with Gasteiger partial charge in [-0.1, -0.05) is 45.9 Å². The Balaban J connectivity index is 2.06. The van der Waals surface area contributed by atoms with Gasteiger partial charge in [-0.15, -0.1) is 0 Å². The van der Waals surface area contributed by atoms with E-state index in [9.17, 15) is 9.59 Å². The van der Waals surface area contributed by atoms with Crippen LogP contribution in [0.3, 0.4) is 0 Å². The highest BCUT2D eigenvalue weighted by Gasteiger charge is 2.24. The number of para-hydroxylation sites is 1. The lowest BCUT2D eigenvalue weighted by molar-refractivity contribution is 0.101. The van der Waals surface area contributed by atoms with E-state index in [1.807, 2.05) is 65.1 Å². The van der Waals surface area contributed by atoms with Crippen LogP contribution in [0.4, 0.5) is 5.69 Å². The first-order chi connectivity index (χ1) is 13.7. The highest BCUT2D eigenvalue weighted by Crippen LogP contribution is 2.31. The molecule has 0 fully saturated rings. The highest BCUT2D eigenvalue weighted by atomic mass is 16.2. The van der Waals surface area contributed by atoms with Crippen LogP contribution in [-0.2, 0) is 7.05 Å². The molecule has 3 rings (SSSR count). The fourth-order valence-corrected chi connectivity index (χ4v) is 3.46. The van der Waals surface area contributed by atoms with Gasteiger partial charge in [-0.05, 0) is 30.9 Å². The molecule has 0 radical (unpaired) electrons. The number of anilines is 1. The Morgan fingerprint density at radius 2 is 1.69 bits per heavy atom. The van der Waals surface area contributed by atoms with E-state index in [0.717, 1.165) is 17.1 Å². The summed E-state index contributed by atoms with van der Waals surface area (Å²) in [6, 6.07) is 10.9. The molecule has 1 aromatic carbocycles. The van der Waals surface area contributed by atoms with Gasteiger partial charge in [0.05, 0.1) is 22.8 Å². The zero-order valence-corrected chi connectivity index (χ0v) is 17.7. The number of carbonyl (C=O) groups is 1. The van der Waals surface area contributed by atoms with Gasteiger partial charge < -0.3 is 5.32 Å². The van der Waals surface area contributed by atoms with E-state index in [-0.39, 0.29) is 17.5 Å². The number of nitrogens with one attached hydrogen (secondary N) is 1. The maximum absolute atomic E-state index is 13.1. The summed E-state index contributed by atoms with van der Waals surface area (Å²) in [4.78, 5) is 25.6. The minimum atomic E-state index is -0.531.